The smallest absolute Gasteiger partial charge is 0.0941 e. The summed E-state index contributed by atoms with van der Waals surface area (Å²) in [4.78, 5) is 7.08. The highest BCUT2D eigenvalue weighted by Crippen LogP contribution is 2.18. The third-order valence-electron chi connectivity index (χ3n) is 2.70. The highest BCUT2D eigenvalue weighted by Gasteiger charge is 2.06. The van der Waals surface area contributed by atoms with E-state index in [1.807, 2.05) is 0 Å². The Hall–Kier alpha value is -0.410. The lowest BCUT2D eigenvalue weighted by molar-refractivity contribution is 0.308. The van der Waals surface area contributed by atoms with Crippen molar-refractivity contribution in [1.82, 2.24) is 9.88 Å². The quantitative estimate of drug-likeness (QED) is 0.741. The van der Waals surface area contributed by atoms with Gasteiger partial charge in [0.1, 0.15) is 0 Å². The second kappa shape index (κ2) is 6.23. The molecule has 0 saturated carbocycles. The van der Waals surface area contributed by atoms with E-state index in [1.54, 1.807) is 11.3 Å². The zero-order valence-electron chi connectivity index (χ0n) is 10.3. The fourth-order valence-electron chi connectivity index (χ4n) is 1.50. The number of thiazole rings is 1. The van der Waals surface area contributed by atoms with Gasteiger partial charge in [0.05, 0.1) is 10.7 Å². The zero-order valence-corrected chi connectivity index (χ0v) is 11.1. The van der Waals surface area contributed by atoms with Crippen molar-refractivity contribution in [2.24, 2.45) is 0 Å². The lowest BCUT2D eigenvalue weighted by Gasteiger charge is -2.16. The Bertz CT molecular complexity index is 277. The molecule has 0 radical (unpaired) electrons. The highest BCUT2D eigenvalue weighted by atomic mass is 32.1. The monoisotopic (exact) mass is 226 g/mol. The Kier molecular flexibility index (Phi) is 5.26. The molecule has 0 bridgehead atoms. The lowest BCUT2D eigenvalue weighted by atomic mass is 10.2. The van der Waals surface area contributed by atoms with Crippen LogP contribution < -0.4 is 0 Å². The molecule has 3 heteroatoms. The van der Waals surface area contributed by atoms with Crippen LogP contribution in [0.2, 0.25) is 0 Å². The minimum atomic E-state index is 0.559. The minimum Gasteiger partial charge on any atom is -0.303 e. The molecular weight excluding hydrogens is 204 g/mol. The number of aromatic nitrogens is 1. The fraction of sp³-hybridized carbons (Fsp3) is 0.750. The summed E-state index contributed by atoms with van der Waals surface area (Å²) in [7, 11) is 0. The molecule has 0 aromatic carbocycles. The molecule has 86 valence electrons. The molecule has 15 heavy (non-hydrogen) atoms. The Morgan fingerprint density at radius 2 is 2.00 bits per heavy atom. The molecule has 0 saturated heterocycles. The van der Waals surface area contributed by atoms with E-state index in [0.717, 1.165) is 26.1 Å². The summed E-state index contributed by atoms with van der Waals surface area (Å²) in [5, 5.41) is 3.48. The molecule has 2 nitrogen and oxygen atoms in total. The van der Waals surface area contributed by atoms with Crippen molar-refractivity contribution in [1.29, 1.82) is 0 Å². The molecule has 0 aliphatic rings. The Labute approximate surface area is 97.3 Å². The molecule has 1 aromatic heterocycles. The van der Waals surface area contributed by atoms with Crippen molar-refractivity contribution in [2.45, 2.75) is 40.0 Å². The van der Waals surface area contributed by atoms with Crippen molar-refractivity contribution >= 4 is 11.3 Å². The van der Waals surface area contributed by atoms with Gasteiger partial charge in [0.15, 0.2) is 0 Å². The van der Waals surface area contributed by atoms with Crippen LogP contribution in [0.3, 0.4) is 0 Å². The van der Waals surface area contributed by atoms with Crippen molar-refractivity contribution in [3.8, 4) is 0 Å². The third kappa shape index (κ3) is 3.92. The van der Waals surface area contributed by atoms with Crippen molar-refractivity contribution in [3.63, 3.8) is 0 Å². The standard InChI is InChI=1S/C12H22N2S/c1-5-14(6-2)8-7-12-13-11(9-15-12)10(3)4/h9-10H,5-8H2,1-4H3. The van der Waals surface area contributed by atoms with Crippen LogP contribution in [-0.2, 0) is 6.42 Å². The van der Waals surface area contributed by atoms with Crippen LogP contribution in [-0.4, -0.2) is 29.5 Å². The molecule has 0 aliphatic heterocycles. The average molecular weight is 226 g/mol. The summed E-state index contributed by atoms with van der Waals surface area (Å²) in [6.45, 7) is 12.2. The molecule has 0 fully saturated rings. The first-order valence-corrected chi connectivity index (χ1v) is 6.72. The van der Waals surface area contributed by atoms with Crippen LogP contribution in [0.4, 0.5) is 0 Å². The summed E-state index contributed by atoms with van der Waals surface area (Å²) >= 11 is 1.80. The Morgan fingerprint density at radius 1 is 1.33 bits per heavy atom. The van der Waals surface area contributed by atoms with E-state index in [-0.39, 0.29) is 0 Å². The Balaban J connectivity index is 2.43. The van der Waals surface area contributed by atoms with Crippen molar-refractivity contribution in [3.05, 3.63) is 16.1 Å². The fourth-order valence-corrected chi connectivity index (χ4v) is 2.45. The maximum atomic E-state index is 4.64. The molecule has 0 spiro atoms. The topological polar surface area (TPSA) is 16.1 Å². The van der Waals surface area contributed by atoms with E-state index in [2.05, 4.69) is 43.0 Å². The second-order valence-electron chi connectivity index (χ2n) is 4.10. The first kappa shape index (κ1) is 12.7. The molecular formula is C12H22N2S. The van der Waals surface area contributed by atoms with Gasteiger partial charge in [-0.15, -0.1) is 11.3 Å². The van der Waals surface area contributed by atoms with Crippen LogP contribution in [0.25, 0.3) is 0 Å². The number of likely N-dealkylation sites (N-methyl/N-ethyl adjacent to an activating group) is 1. The molecule has 0 amide bonds. The van der Waals surface area contributed by atoms with E-state index >= 15 is 0 Å². The van der Waals surface area contributed by atoms with Gasteiger partial charge in [0.25, 0.3) is 0 Å². The van der Waals surface area contributed by atoms with Crippen LogP contribution in [0.15, 0.2) is 5.38 Å². The van der Waals surface area contributed by atoms with Gasteiger partial charge < -0.3 is 4.90 Å². The van der Waals surface area contributed by atoms with Crippen LogP contribution in [0.1, 0.15) is 44.3 Å². The van der Waals surface area contributed by atoms with E-state index in [0.29, 0.717) is 5.92 Å². The summed E-state index contributed by atoms with van der Waals surface area (Å²) < 4.78 is 0. The Morgan fingerprint density at radius 3 is 2.47 bits per heavy atom. The molecule has 1 aromatic rings. The summed E-state index contributed by atoms with van der Waals surface area (Å²) in [5.74, 6) is 0.559. The SMILES string of the molecule is CCN(CC)CCc1nc(C(C)C)cs1. The van der Waals surface area contributed by atoms with E-state index < -0.39 is 0 Å². The van der Waals surface area contributed by atoms with Gasteiger partial charge in [-0.2, -0.15) is 0 Å². The number of hydrogen-bond donors (Lipinski definition) is 0. The van der Waals surface area contributed by atoms with Crippen molar-refractivity contribution in [2.75, 3.05) is 19.6 Å². The molecule has 0 aliphatic carbocycles. The molecule has 0 atom stereocenters. The third-order valence-corrected chi connectivity index (χ3v) is 3.62. The van der Waals surface area contributed by atoms with E-state index in [9.17, 15) is 0 Å². The predicted molar refractivity (Wildman–Crippen MR) is 67.7 cm³/mol. The summed E-state index contributed by atoms with van der Waals surface area (Å²) in [6.07, 6.45) is 1.10. The molecule has 1 rings (SSSR count). The first-order chi connectivity index (χ1) is 7.17. The first-order valence-electron chi connectivity index (χ1n) is 5.84. The molecule has 0 unspecified atom stereocenters. The van der Waals surface area contributed by atoms with Crippen molar-refractivity contribution < 1.29 is 0 Å². The van der Waals surface area contributed by atoms with Crippen LogP contribution in [0, 0.1) is 0 Å². The van der Waals surface area contributed by atoms with Gasteiger partial charge in [-0.1, -0.05) is 27.7 Å². The number of nitrogens with zero attached hydrogens (tertiary/aromatic N) is 2. The largest absolute Gasteiger partial charge is 0.303 e. The second-order valence-corrected chi connectivity index (χ2v) is 5.04. The van der Waals surface area contributed by atoms with Gasteiger partial charge in [-0.3, -0.25) is 0 Å². The van der Waals surface area contributed by atoms with Crippen LogP contribution >= 0.6 is 11.3 Å². The van der Waals surface area contributed by atoms with E-state index in [4.69, 9.17) is 0 Å². The van der Waals surface area contributed by atoms with Gasteiger partial charge in [-0.25, -0.2) is 4.98 Å². The predicted octanol–water partition coefficient (Wildman–Crippen LogP) is 3.15. The minimum absolute atomic E-state index is 0.559. The van der Waals surface area contributed by atoms with Gasteiger partial charge in [0.2, 0.25) is 0 Å². The van der Waals surface area contributed by atoms with Gasteiger partial charge in [-0.05, 0) is 19.0 Å². The normalized spacial score (nSPS) is 11.6. The van der Waals surface area contributed by atoms with Crippen LogP contribution in [0.5, 0.6) is 0 Å². The highest BCUT2D eigenvalue weighted by molar-refractivity contribution is 7.09. The van der Waals surface area contributed by atoms with E-state index in [1.165, 1.54) is 10.7 Å². The average Bonchev–Trinajstić information content (AvgIpc) is 2.68. The molecule has 0 N–H and O–H groups in total. The lowest BCUT2D eigenvalue weighted by Crippen LogP contribution is -2.25. The zero-order chi connectivity index (χ0) is 11.3. The molecule has 1 heterocycles. The summed E-state index contributed by atoms with van der Waals surface area (Å²) in [5.41, 5.74) is 1.24. The number of rotatable bonds is 6. The maximum Gasteiger partial charge on any atom is 0.0941 e. The van der Waals surface area contributed by atoms with Gasteiger partial charge in [0, 0.05) is 18.3 Å². The van der Waals surface area contributed by atoms with Gasteiger partial charge >= 0.3 is 0 Å². The number of hydrogen-bond acceptors (Lipinski definition) is 3. The maximum absolute atomic E-state index is 4.64. The summed E-state index contributed by atoms with van der Waals surface area (Å²) in [6, 6.07) is 0.